The van der Waals surface area contributed by atoms with Crippen LogP contribution in [-0.4, -0.2) is 51.2 Å². The van der Waals surface area contributed by atoms with Gasteiger partial charge in [0.1, 0.15) is 6.04 Å². The molecule has 1 aliphatic rings. The van der Waals surface area contributed by atoms with Crippen LogP contribution in [0.2, 0.25) is 0 Å². The summed E-state index contributed by atoms with van der Waals surface area (Å²) in [7, 11) is 0. The van der Waals surface area contributed by atoms with Crippen LogP contribution in [0.1, 0.15) is 19.0 Å². The normalized spacial score (nSPS) is 21.1. The van der Waals surface area contributed by atoms with E-state index in [0.29, 0.717) is 13.1 Å². The highest BCUT2D eigenvalue weighted by Gasteiger charge is 2.28. The first-order valence-electron chi connectivity index (χ1n) is 6.39. The number of carboxylic acids is 1. The van der Waals surface area contributed by atoms with E-state index in [1.54, 1.807) is 0 Å². The molecule has 0 amide bonds. The Balaban J connectivity index is 2.06. The van der Waals surface area contributed by atoms with E-state index in [1.807, 2.05) is 17.4 Å². The van der Waals surface area contributed by atoms with Crippen molar-refractivity contribution >= 4 is 5.97 Å². The van der Waals surface area contributed by atoms with Gasteiger partial charge in [-0.3, -0.25) is 9.69 Å². The van der Waals surface area contributed by atoms with Gasteiger partial charge < -0.3 is 15.0 Å². The van der Waals surface area contributed by atoms with Gasteiger partial charge in [-0.15, -0.1) is 0 Å². The minimum atomic E-state index is -0.760. The fourth-order valence-corrected chi connectivity index (χ4v) is 2.31. The number of carbonyl (C=O) groups is 1. The molecule has 2 N–H and O–H groups in total. The average Bonchev–Trinajstić information content (AvgIpc) is 2.78. The Morgan fingerprint density at radius 3 is 3.22 bits per heavy atom. The lowest BCUT2D eigenvalue weighted by molar-refractivity contribution is -0.144. The number of rotatable bonds is 5. The summed E-state index contributed by atoms with van der Waals surface area (Å²) >= 11 is 0. The van der Waals surface area contributed by atoms with E-state index in [0.717, 1.165) is 31.7 Å². The smallest absolute Gasteiger partial charge is 0.322 e. The van der Waals surface area contributed by atoms with E-state index in [-0.39, 0.29) is 0 Å². The summed E-state index contributed by atoms with van der Waals surface area (Å²) < 4.78 is 2.10. The summed E-state index contributed by atoms with van der Waals surface area (Å²) in [5.74, 6) is -0.760. The summed E-state index contributed by atoms with van der Waals surface area (Å²) in [5.41, 5.74) is 1.09. The van der Waals surface area contributed by atoms with E-state index < -0.39 is 12.0 Å². The molecule has 2 rings (SSSR count). The molecule has 1 unspecified atom stereocenters. The van der Waals surface area contributed by atoms with Gasteiger partial charge in [-0.2, -0.15) is 0 Å². The first-order valence-corrected chi connectivity index (χ1v) is 6.39. The Morgan fingerprint density at radius 2 is 2.50 bits per heavy atom. The first kappa shape index (κ1) is 13.0. The number of nitrogens with zero attached hydrogens (tertiary/aromatic N) is 3. The van der Waals surface area contributed by atoms with Gasteiger partial charge in [-0.1, -0.05) is 6.92 Å². The molecule has 0 radical (unpaired) electrons. The minimum absolute atomic E-state index is 0.441. The second kappa shape index (κ2) is 5.97. The van der Waals surface area contributed by atoms with E-state index in [4.69, 9.17) is 0 Å². The number of nitrogens with one attached hydrogen (secondary N) is 1. The molecule has 1 fully saturated rings. The van der Waals surface area contributed by atoms with Crippen LogP contribution in [0.3, 0.4) is 0 Å². The number of imidazole rings is 1. The maximum absolute atomic E-state index is 11.2. The largest absolute Gasteiger partial charge is 0.480 e. The van der Waals surface area contributed by atoms with Crippen LogP contribution in [-0.2, 0) is 17.9 Å². The Hall–Kier alpha value is -1.40. The van der Waals surface area contributed by atoms with Crippen molar-refractivity contribution in [3.63, 3.8) is 0 Å². The van der Waals surface area contributed by atoms with Crippen molar-refractivity contribution in [2.75, 3.05) is 19.6 Å². The SMILES string of the molecule is CCCn1cncc1CN1CCNCC1C(=O)O. The maximum Gasteiger partial charge on any atom is 0.322 e. The molecule has 0 aliphatic carbocycles. The summed E-state index contributed by atoms with van der Waals surface area (Å²) in [4.78, 5) is 17.4. The molecule has 6 heteroatoms. The number of aromatic nitrogens is 2. The highest BCUT2D eigenvalue weighted by Crippen LogP contribution is 2.11. The van der Waals surface area contributed by atoms with Crippen LogP contribution in [0.5, 0.6) is 0 Å². The second-order valence-electron chi connectivity index (χ2n) is 4.61. The van der Waals surface area contributed by atoms with E-state index in [2.05, 4.69) is 21.8 Å². The number of carboxylic acid groups (broad SMARTS) is 1. The van der Waals surface area contributed by atoms with Gasteiger partial charge in [-0.25, -0.2) is 4.98 Å². The predicted molar refractivity (Wildman–Crippen MR) is 67.2 cm³/mol. The topological polar surface area (TPSA) is 70.4 Å². The third-order valence-electron chi connectivity index (χ3n) is 3.27. The van der Waals surface area contributed by atoms with Crippen LogP contribution in [0.15, 0.2) is 12.5 Å². The fraction of sp³-hybridized carbons (Fsp3) is 0.667. The molecular weight excluding hydrogens is 232 g/mol. The van der Waals surface area contributed by atoms with E-state index in [9.17, 15) is 9.90 Å². The van der Waals surface area contributed by atoms with Gasteiger partial charge in [0, 0.05) is 38.9 Å². The number of aryl methyl sites for hydroxylation is 1. The molecule has 0 saturated carbocycles. The van der Waals surface area contributed by atoms with Crippen molar-refractivity contribution in [3.05, 3.63) is 18.2 Å². The lowest BCUT2D eigenvalue weighted by Gasteiger charge is -2.33. The number of hydrogen-bond acceptors (Lipinski definition) is 4. The maximum atomic E-state index is 11.2. The van der Waals surface area contributed by atoms with Crippen LogP contribution in [0, 0.1) is 0 Å². The zero-order valence-electron chi connectivity index (χ0n) is 10.7. The van der Waals surface area contributed by atoms with Crippen LogP contribution >= 0.6 is 0 Å². The summed E-state index contributed by atoms with van der Waals surface area (Å²) in [6, 6.07) is -0.441. The Morgan fingerprint density at radius 1 is 1.67 bits per heavy atom. The van der Waals surface area contributed by atoms with Gasteiger partial charge >= 0.3 is 5.97 Å². The summed E-state index contributed by atoms with van der Waals surface area (Å²) in [6.07, 6.45) is 4.70. The number of aliphatic carboxylic acids is 1. The Kier molecular flexibility index (Phi) is 4.33. The van der Waals surface area contributed by atoms with Crippen LogP contribution in [0.25, 0.3) is 0 Å². The molecule has 0 spiro atoms. The standard InChI is InChI=1S/C12H20N4O2/c1-2-4-16-9-14-6-10(16)8-15-5-3-13-7-11(15)12(17)18/h6,9,11,13H,2-5,7-8H2,1H3,(H,17,18). The molecule has 0 bridgehead atoms. The Bertz CT molecular complexity index is 405. The molecular formula is C12H20N4O2. The molecule has 6 nitrogen and oxygen atoms in total. The molecule has 1 saturated heterocycles. The van der Waals surface area contributed by atoms with Gasteiger partial charge in [-0.05, 0) is 6.42 Å². The minimum Gasteiger partial charge on any atom is -0.480 e. The van der Waals surface area contributed by atoms with Crippen molar-refractivity contribution in [2.24, 2.45) is 0 Å². The van der Waals surface area contributed by atoms with Crippen molar-refractivity contribution in [1.82, 2.24) is 19.8 Å². The third-order valence-corrected chi connectivity index (χ3v) is 3.27. The van der Waals surface area contributed by atoms with Gasteiger partial charge in [0.15, 0.2) is 0 Å². The quantitative estimate of drug-likeness (QED) is 0.780. The van der Waals surface area contributed by atoms with Crippen molar-refractivity contribution in [1.29, 1.82) is 0 Å². The molecule has 0 aromatic carbocycles. The van der Waals surface area contributed by atoms with E-state index >= 15 is 0 Å². The average molecular weight is 252 g/mol. The Labute approximate surface area is 107 Å². The molecule has 100 valence electrons. The second-order valence-corrected chi connectivity index (χ2v) is 4.61. The summed E-state index contributed by atoms with van der Waals surface area (Å²) in [6.45, 7) is 5.81. The highest BCUT2D eigenvalue weighted by molar-refractivity contribution is 5.73. The van der Waals surface area contributed by atoms with Gasteiger partial charge in [0.25, 0.3) is 0 Å². The molecule has 2 heterocycles. The van der Waals surface area contributed by atoms with Crippen molar-refractivity contribution in [3.8, 4) is 0 Å². The van der Waals surface area contributed by atoms with Crippen molar-refractivity contribution < 1.29 is 9.90 Å². The highest BCUT2D eigenvalue weighted by atomic mass is 16.4. The van der Waals surface area contributed by atoms with Crippen LogP contribution in [0.4, 0.5) is 0 Å². The number of hydrogen-bond donors (Lipinski definition) is 2. The molecule has 1 aromatic heterocycles. The predicted octanol–water partition coefficient (Wildman–Crippen LogP) is 0.152. The molecule has 1 aliphatic heterocycles. The monoisotopic (exact) mass is 252 g/mol. The van der Waals surface area contributed by atoms with Gasteiger partial charge in [0.2, 0.25) is 0 Å². The van der Waals surface area contributed by atoms with Gasteiger partial charge in [0.05, 0.1) is 12.0 Å². The zero-order chi connectivity index (χ0) is 13.0. The lowest BCUT2D eigenvalue weighted by Crippen LogP contribution is -2.54. The van der Waals surface area contributed by atoms with Crippen molar-refractivity contribution in [2.45, 2.75) is 32.5 Å². The molecule has 1 atom stereocenters. The fourth-order valence-electron chi connectivity index (χ4n) is 2.31. The van der Waals surface area contributed by atoms with E-state index in [1.165, 1.54) is 0 Å². The van der Waals surface area contributed by atoms with Crippen LogP contribution < -0.4 is 5.32 Å². The molecule has 18 heavy (non-hydrogen) atoms. The third kappa shape index (κ3) is 2.88. The zero-order valence-corrected chi connectivity index (χ0v) is 10.7. The number of piperazine rings is 1. The summed E-state index contributed by atoms with van der Waals surface area (Å²) in [5, 5.41) is 12.3. The molecule has 1 aromatic rings. The first-order chi connectivity index (χ1) is 8.72. The lowest BCUT2D eigenvalue weighted by atomic mass is 10.2.